The van der Waals surface area contributed by atoms with E-state index in [9.17, 15) is 19.7 Å². The van der Waals surface area contributed by atoms with E-state index >= 15 is 0 Å². The van der Waals surface area contributed by atoms with Gasteiger partial charge in [0.15, 0.2) is 0 Å². The topological polar surface area (TPSA) is 89.8 Å². The lowest BCUT2D eigenvalue weighted by atomic mass is 10.1. The maximum atomic E-state index is 12.7. The second kappa shape index (κ2) is 8.96. The Labute approximate surface area is 155 Å². The van der Waals surface area contributed by atoms with Gasteiger partial charge < -0.3 is 9.64 Å². The van der Waals surface area contributed by atoms with Gasteiger partial charge in [-0.2, -0.15) is 0 Å². The number of benzene rings is 2. The number of esters is 1. The number of carbonyl (C=O) groups is 2. The van der Waals surface area contributed by atoms with Crippen LogP contribution in [0.1, 0.15) is 11.1 Å². The van der Waals surface area contributed by atoms with Crippen LogP contribution in [-0.2, 0) is 27.3 Å². The molecule has 0 heterocycles. The lowest BCUT2D eigenvalue weighted by Gasteiger charge is -2.22. The monoisotopic (exact) mass is 376 g/mol. The summed E-state index contributed by atoms with van der Waals surface area (Å²) >= 11 is 6.13. The standard InChI is InChI=1S/C18H17ClN2O5/c1-26-18(23)12-20(11-14-7-2-4-8-15(14)19)17(22)10-13-6-3-5-9-16(13)21(24)25/h2-9H,10-12H2,1H3. The number of ether oxygens (including phenoxy) is 1. The Bertz CT molecular complexity index is 825. The molecule has 7 nitrogen and oxygen atoms in total. The summed E-state index contributed by atoms with van der Waals surface area (Å²) in [7, 11) is 1.22. The smallest absolute Gasteiger partial charge is 0.325 e. The molecule has 136 valence electrons. The van der Waals surface area contributed by atoms with Gasteiger partial charge in [0.2, 0.25) is 5.91 Å². The lowest BCUT2D eigenvalue weighted by Crippen LogP contribution is -2.36. The first-order valence-electron chi connectivity index (χ1n) is 7.72. The zero-order valence-electron chi connectivity index (χ0n) is 14.1. The fourth-order valence-corrected chi connectivity index (χ4v) is 2.59. The molecule has 8 heteroatoms. The summed E-state index contributed by atoms with van der Waals surface area (Å²) in [6.45, 7) is -0.185. The number of nitrogens with zero attached hydrogens (tertiary/aromatic N) is 2. The van der Waals surface area contributed by atoms with E-state index < -0.39 is 16.8 Å². The van der Waals surface area contributed by atoms with Crippen molar-refractivity contribution in [3.63, 3.8) is 0 Å². The van der Waals surface area contributed by atoms with Crippen molar-refractivity contribution in [3.8, 4) is 0 Å². The van der Waals surface area contributed by atoms with E-state index in [4.69, 9.17) is 11.6 Å². The van der Waals surface area contributed by atoms with Gasteiger partial charge in [-0.05, 0) is 11.6 Å². The summed E-state index contributed by atoms with van der Waals surface area (Å²) in [6.07, 6.45) is -0.210. The molecular formula is C18H17ClN2O5. The van der Waals surface area contributed by atoms with Gasteiger partial charge in [0.05, 0.1) is 18.5 Å². The minimum absolute atomic E-state index is 0.0915. The molecular weight excluding hydrogens is 360 g/mol. The molecule has 0 aromatic heterocycles. The van der Waals surface area contributed by atoms with Crippen LogP contribution in [0.3, 0.4) is 0 Å². The van der Waals surface area contributed by atoms with Crippen LogP contribution in [0.4, 0.5) is 5.69 Å². The largest absolute Gasteiger partial charge is 0.468 e. The molecule has 2 aromatic carbocycles. The number of methoxy groups -OCH3 is 1. The van der Waals surface area contributed by atoms with Crippen molar-refractivity contribution >= 4 is 29.2 Å². The third kappa shape index (κ3) is 5.03. The summed E-state index contributed by atoms with van der Waals surface area (Å²) in [5, 5.41) is 11.6. The van der Waals surface area contributed by atoms with E-state index in [1.807, 2.05) is 0 Å². The molecule has 0 bridgehead atoms. The number of rotatable bonds is 7. The van der Waals surface area contributed by atoms with Gasteiger partial charge in [0.1, 0.15) is 6.54 Å². The lowest BCUT2D eigenvalue weighted by molar-refractivity contribution is -0.385. The number of amides is 1. The van der Waals surface area contributed by atoms with Crippen molar-refractivity contribution < 1.29 is 19.2 Å². The number of hydrogen-bond donors (Lipinski definition) is 0. The predicted octanol–water partition coefficient (Wildman–Crippen LogP) is 2.99. The van der Waals surface area contributed by atoms with Crippen LogP contribution in [-0.4, -0.2) is 35.4 Å². The van der Waals surface area contributed by atoms with E-state index in [0.717, 1.165) is 0 Å². The van der Waals surface area contributed by atoms with Crippen molar-refractivity contribution in [1.29, 1.82) is 0 Å². The molecule has 0 aliphatic heterocycles. The molecule has 0 saturated heterocycles. The quantitative estimate of drug-likeness (QED) is 0.421. The number of nitro groups is 1. The van der Waals surface area contributed by atoms with Crippen molar-refractivity contribution in [1.82, 2.24) is 4.90 Å². The third-order valence-electron chi connectivity index (χ3n) is 3.75. The van der Waals surface area contributed by atoms with Gasteiger partial charge in [-0.1, -0.05) is 48.0 Å². The maximum Gasteiger partial charge on any atom is 0.325 e. The highest BCUT2D eigenvalue weighted by atomic mass is 35.5. The zero-order valence-corrected chi connectivity index (χ0v) is 14.8. The summed E-state index contributed by atoms with van der Waals surface area (Å²) in [5.74, 6) is -1.03. The molecule has 0 aliphatic carbocycles. The summed E-state index contributed by atoms with van der Waals surface area (Å²) in [6, 6.07) is 12.9. The third-order valence-corrected chi connectivity index (χ3v) is 4.12. The van der Waals surface area contributed by atoms with Crippen molar-refractivity contribution in [3.05, 3.63) is 74.8 Å². The molecule has 2 rings (SSSR count). The Morgan fingerprint density at radius 2 is 1.73 bits per heavy atom. The van der Waals surface area contributed by atoms with Gasteiger partial charge in [0.25, 0.3) is 5.69 Å². The number of para-hydroxylation sites is 1. The average Bonchev–Trinajstić information content (AvgIpc) is 2.63. The molecule has 0 N–H and O–H groups in total. The van der Waals surface area contributed by atoms with Crippen LogP contribution in [0.25, 0.3) is 0 Å². The molecule has 0 spiro atoms. The second-order valence-corrected chi connectivity index (χ2v) is 5.89. The molecule has 0 saturated carbocycles. The van der Waals surface area contributed by atoms with E-state index in [-0.39, 0.29) is 30.8 Å². The van der Waals surface area contributed by atoms with Gasteiger partial charge in [-0.25, -0.2) is 0 Å². The van der Waals surface area contributed by atoms with E-state index in [0.29, 0.717) is 10.6 Å². The van der Waals surface area contributed by atoms with Gasteiger partial charge in [-0.15, -0.1) is 0 Å². The number of carbonyl (C=O) groups excluding carboxylic acids is 2. The molecule has 0 aliphatic rings. The van der Waals surface area contributed by atoms with E-state index in [1.165, 1.54) is 30.2 Å². The Kier molecular flexibility index (Phi) is 6.68. The van der Waals surface area contributed by atoms with Crippen molar-refractivity contribution in [2.24, 2.45) is 0 Å². The van der Waals surface area contributed by atoms with Crippen LogP contribution in [0, 0.1) is 10.1 Å². The molecule has 2 aromatic rings. The SMILES string of the molecule is COC(=O)CN(Cc1ccccc1Cl)C(=O)Cc1ccccc1[N+](=O)[O-]. The van der Waals surface area contributed by atoms with Crippen LogP contribution < -0.4 is 0 Å². The minimum atomic E-state index is -0.590. The fourth-order valence-electron chi connectivity index (χ4n) is 2.40. The molecule has 0 unspecified atom stereocenters. The average molecular weight is 377 g/mol. The van der Waals surface area contributed by atoms with E-state index in [2.05, 4.69) is 4.74 Å². The van der Waals surface area contributed by atoms with Crippen LogP contribution in [0.15, 0.2) is 48.5 Å². The van der Waals surface area contributed by atoms with Gasteiger partial charge >= 0.3 is 5.97 Å². The first-order chi connectivity index (χ1) is 12.4. The first kappa shape index (κ1) is 19.4. The summed E-state index contributed by atoms with van der Waals surface area (Å²) < 4.78 is 4.64. The second-order valence-electron chi connectivity index (χ2n) is 5.48. The summed E-state index contributed by atoms with van der Waals surface area (Å²) in [5.41, 5.74) is 0.794. The maximum absolute atomic E-state index is 12.7. The van der Waals surface area contributed by atoms with E-state index in [1.54, 1.807) is 30.3 Å². The van der Waals surface area contributed by atoms with Crippen molar-refractivity contribution in [2.45, 2.75) is 13.0 Å². The highest BCUT2D eigenvalue weighted by Gasteiger charge is 2.22. The normalized spacial score (nSPS) is 10.2. The van der Waals surface area contributed by atoms with Crippen LogP contribution in [0.2, 0.25) is 5.02 Å². The number of nitro benzene ring substituents is 1. The Morgan fingerprint density at radius 3 is 2.35 bits per heavy atom. The minimum Gasteiger partial charge on any atom is -0.468 e. The number of halogens is 1. The highest BCUT2D eigenvalue weighted by Crippen LogP contribution is 2.21. The van der Waals surface area contributed by atoms with Crippen LogP contribution in [0.5, 0.6) is 0 Å². The number of hydrogen-bond acceptors (Lipinski definition) is 5. The molecule has 0 fully saturated rings. The van der Waals surface area contributed by atoms with Crippen LogP contribution >= 0.6 is 11.6 Å². The molecule has 0 atom stereocenters. The predicted molar refractivity (Wildman–Crippen MR) is 95.7 cm³/mol. The van der Waals surface area contributed by atoms with Gasteiger partial charge in [0, 0.05) is 23.2 Å². The summed E-state index contributed by atoms with van der Waals surface area (Å²) in [4.78, 5) is 36.2. The Morgan fingerprint density at radius 1 is 1.12 bits per heavy atom. The molecule has 26 heavy (non-hydrogen) atoms. The Hall–Kier alpha value is -2.93. The zero-order chi connectivity index (χ0) is 19.1. The van der Waals surface area contributed by atoms with Gasteiger partial charge in [-0.3, -0.25) is 19.7 Å². The highest BCUT2D eigenvalue weighted by molar-refractivity contribution is 6.31. The Balaban J connectivity index is 2.24. The van der Waals surface area contributed by atoms with Crippen molar-refractivity contribution in [2.75, 3.05) is 13.7 Å². The fraction of sp³-hybridized carbons (Fsp3) is 0.222. The first-order valence-corrected chi connectivity index (χ1v) is 8.10. The molecule has 1 amide bonds. The molecule has 0 radical (unpaired) electrons.